The lowest BCUT2D eigenvalue weighted by molar-refractivity contribution is 1.69. The van der Waals surface area contributed by atoms with Gasteiger partial charge in [-0.25, -0.2) is 0 Å². The second-order valence-electron chi connectivity index (χ2n) is 18.9. The van der Waals surface area contributed by atoms with Gasteiger partial charge >= 0.3 is 0 Å². The predicted octanol–water partition coefficient (Wildman–Crippen LogP) is 20.0. The summed E-state index contributed by atoms with van der Waals surface area (Å²) in [5.41, 5.74) is 15.9. The summed E-state index contributed by atoms with van der Waals surface area (Å²) >= 11 is 3.87. The molecule has 0 radical (unpaired) electrons. The zero-order valence-corrected chi connectivity index (χ0v) is 38.1. The molecule has 0 amide bonds. The Morgan fingerprint density at radius 3 is 1.43 bits per heavy atom. The summed E-state index contributed by atoms with van der Waals surface area (Å²) < 4.78 is 5.32. The predicted molar refractivity (Wildman–Crippen MR) is 297 cm³/mol. The van der Waals surface area contributed by atoms with E-state index in [0.29, 0.717) is 0 Å². The van der Waals surface area contributed by atoms with E-state index in [1.807, 2.05) is 22.7 Å². The highest BCUT2D eigenvalue weighted by molar-refractivity contribution is 7.26. The van der Waals surface area contributed by atoms with Crippen LogP contribution in [0.1, 0.15) is 0 Å². The molecule has 0 fully saturated rings. The molecular weight excluding hydrogens is 857 g/mol. The van der Waals surface area contributed by atoms with Crippen LogP contribution in [0.4, 0.5) is 0 Å². The van der Waals surface area contributed by atoms with Crippen LogP contribution in [0.15, 0.2) is 206 Å². The van der Waals surface area contributed by atoms with E-state index in [-0.39, 0.29) is 0 Å². The van der Waals surface area contributed by atoms with E-state index in [9.17, 15) is 0 Å². The van der Waals surface area contributed by atoms with E-state index < -0.39 is 0 Å². The van der Waals surface area contributed by atoms with Crippen LogP contribution in [-0.2, 0) is 0 Å². The van der Waals surface area contributed by atoms with Crippen LogP contribution < -0.4 is 0 Å². The van der Waals surface area contributed by atoms with E-state index >= 15 is 0 Å². The molecule has 0 bridgehead atoms. The maximum Gasteiger partial charge on any atom is 0.0434 e. The van der Waals surface area contributed by atoms with Gasteiger partial charge in [0.05, 0.1) is 0 Å². The third-order valence-electron chi connectivity index (χ3n) is 15.7. The molecule has 0 saturated carbocycles. The van der Waals surface area contributed by atoms with Crippen LogP contribution in [-0.4, -0.2) is 0 Å². The molecule has 0 N–H and O–H groups in total. The summed E-state index contributed by atoms with van der Waals surface area (Å²) in [4.78, 5) is 0. The molecule has 2 aliphatic carbocycles. The molecule has 0 aliphatic heterocycles. The van der Waals surface area contributed by atoms with Crippen molar-refractivity contribution in [2.75, 3.05) is 0 Å². The van der Waals surface area contributed by atoms with E-state index in [0.717, 1.165) is 0 Å². The zero-order chi connectivity index (χ0) is 43.9. The minimum Gasteiger partial charge on any atom is -0.135 e. The van der Waals surface area contributed by atoms with Crippen LogP contribution in [0, 0.1) is 0 Å². The van der Waals surface area contributed by atoms with Gasteiger partial charge in [-0.1, -0.05) is 176 Å². The first-order valence-electron chi connectivity index (χ1n) is 23.6. The maximum atomic E-state index is 2.51. The first-order valence-corrected chi connectivity index (χ1v) is 25.2. The van der Waals surface area contributed by atoms with Gasteiger partial charge in [-0.15, -0.1) is 22.7 Å². The lowest BCUT2D eigenvalue weighted by Crippen LogP contribution is -1.95. The van der Waals surface area contributed by atoms with Crippen molar-refractivity contribution in [2.24, 2.45) is 0 Å². The fourth-order valence-corrected chi connectivity index (χ4v) is 15.4. The number of benzene rings is 13. The minimum atomic E-state index is 1.27. The molecule has 17 rings (SSSR count). The first-order chi connectivity index (χ1) is 33.7. The van der Waals surface area contributed by atoms with E-state index in [4.69, 9.17) is 0 Å². The Morgan fingerprint density at radius 1 is 0.206 bits per heavy atom. The molecule has 2 aromatic heterocycles. The molecule has 68 heavy (non-hydrogen) atoms. The fraction of sp³-hybridized carbons (Fsp3) is 0. The summed E-state index contributed by atoms with van der Waals surface area (Å²) in [5.74, 6) is 0. The molecule has 0 unspecified atom stereocenters. The molecule has 0 atom stereocenters. The minimum absolute atomic E-state index is 1.27. The highest BCUT2D eigenvalue weighted by Gasteiger charge is 2.34. The van der Waals surface area contributed by atoms with Crippen LogP contribution in [0.25, 0.3) is 172 Å². The number of fused-ring (bicyclic) bond motifs is 19. The van der Waals surface area contributed by atoms with Crippen molar-refractivity contribution >= 4 is 128 Å². The van der Waals surface area contributed by atoms with Crippen molar-refractivity contribution < 1.29 is 0 Å². The summed E-state index contributed by atoms with van der Waals surface area (Å²) in [7, 11) is 0. The lowest BCUT2D eigenvalue weighted by atomic mass is 9.80. The van der Waals surface area contributed by atoms with Crippen LogP contribution in [0.2, 0.25) is 0 Å². The zero-order valence-electron chi connectivity index (χ0n) is 36.4. The van der Waals surface area contributed by atoms with Gasteiger partial charge in [0.25, 0.3) is 0 Å². The van der Waals surface area contributed by atoms with Gasteiger partial charge in [-0.05, 0) is 145 Å². The van der Waals surface area contributed by atoms with E-state index in [2.05, 4.69) is 206 Å². The van der Waals surface area contributed by atoms with Gasteiger partial charge in [0.2, 0.25) is 0 Å². The quantitative estimate of drug-likeness (QED) is 0.152. The van der Waals surface area contributed by atoms with Gasteiger partial charge in [0.1, 0.15) is 0 Å². The van der Waals surface area contributed by atoms with Gasteiger partial charge in [0, 0.05) is 57.0 Å². The van der Waals surface area contributed by atoms with Crippen molar-refractivity contribution in [1.29, 1.82) is 0 Å². The molecule has 0 saturated heterocycles. The molecule has 15 aromatic rings. The Bertz CT molecular complexity index is 4840. The number of rotatable bonds is 2. The molecule has 310 valence electrons. The third kappa shape index (κ3) is 4.46. The average molecular weight is 891 g/mol. The van der Waals surface area contributed by atoms with Gasteiger partial charge in [-0.2, -0.15) is 0 Å². The first kappa shape index (κ1) is 36.0. The number of hydrogen-bond acceptors (Lipinski definition) is 2. The second kappa shape index (κ2) is 12.8. The molecule has 13 aromatic carbocycles. The molecule has 0 nitrogen and oxygen atoms in total. The third-order valence-corrected chi connectivity index (χ3v) is 18.1. The van der Waals surface area contributed by atoms with Crippen molar-refractivity contribution in [1.82, 2.24) is 0 Å². The van der Waals surface area contributed by atoms with Crippen molar-refractivity contribution in [3.63, 3.8) is 0 Å². The number of hydrogen-bond donors (Lipinski definition) is 0. The molecule has 2 aliphatic rings. The molecular formula is C66H34S2. The Hall–Kier alpha value is -8.14. The topological polar surface area (TPSA) is 0 Å². The van der Waals surface area contributed by atoms with E-state index in [1.165, 1.54) is 172 Å². The molecule has 2 heterocycles. The summed E-state index contributed by atoms with van der Waals surface area (Å²) in [6, 6.07) is 79.0. The lowest BCUT2D eigenvalue weighted by Gasteiger charge is -2.23. The van der Waals surface area contributed by atoms with Crippen molar-refractivity contribution in [2.45, 2.75) is 0 Å². The van der Waals surface area contributed by atoms with Crippen LogP contribution >= 0.6 is 22.7 Å². The van der Waals surface area contributed by atoms with Crippen molar-refractivity contribution in [3.8, 4) is 66.8 Å². The van der Waals surface area contributed by atoms with Gasteiger partial charge < -0.3 is 0 Å². The Morgan fingerprint density at radius 2 is 0.691 bits per heavy atom. The normalized spacial score (nSPS) is 12.7. The van der Waals surface area contributed by atoms with Crippen LogP contribution in [0.5, 0.6) is 0 Å². The number of thiophene rings is 2. The van der Waals surface area contributed by atoms with Crippen LogP contribution in [0.3, 0.4) is 0 Å². The summed E-state index contributed by atoms with van der Waals surface area (Å²) in [6.07, 6.45) is 0. The Kier molecular flexibility index (Phi) is 6.81. The monoisotopic (exact) mass is 890 g/mol. The van der Waals surface area contributed by atoms with E-state index in [1.54, 1.807) is 0 Å². The SMILES string of the molecule is c1cc2c3c(cccc3c1)-c1cc3c(ccc4c3ccc3c(-c5cccc6c5sc5ccccc56)c5c(c(-c6cccc7c6sc6ccccc67)c34)-c3cccc4c3c-5cc3ccccc34)cc1-2. The maximum absolute atomic E-state index is 2.51. The van der Waals surface area contributed by atoms with Crippen molar-refractivity contribution in [3.05, 3.63) is 206 Å². The fourth-order valence-electron chi connectivity index (χ4n) is 13.0. The highest BCUT2D eigenvalue weighted by atomic mass is 32.1. The largest absolute Gasteiger partial charge is 0.135 e. The van der Waals surface area contributed by atoms with Gasteiger partial charge in [-0.3, -0.25) is 0 Å². The summed E-state index contributed by atoms with van der Waals surface area (Å²) in [6.45, 7) is 0. The second-order valence-corrected chi connectivity index (χ2v) is 21.0. The highest BCUT2D eigenvalue weighted by Crippen LogP contribution is 2.62. The standard InChI is InChI=1S/C66H34S2/c1-2-15-38-36(12-1)33-55-59-42(38)20-9-23-48(59)62-63(51-25-11-22-47-41-17-4-6-27-57(41)68-66(47)51)60-45-29-28-37-32-53-43-18-7-13-35-14-8-19-44(58(35)43)54(53)34-52(37)39(45)30-31-49(60)61(64(55)62)50-24-10-21-46-40-16-3-5-26-56(40)67-65(46)50/h1-34H. The Labute approximate surface area is 398 Å². The van der Waals surface area contributed by atoms with Gasteiger partial charge in [0.15, 0.2) is 0 Å². The molecule has 0 spiro atoms. The Balaban J connectivity index is 1.11. The smallest absolute Gasteiger partial charge is 0.0434 e. The average Bonchev–Trinajstić information content (AvgIpc) is 4.15. The molecule has 2 heteroatoms. The summed E-state index contributed by atoms with van der Waals surface area (Å²) in [5, 5.41) is 20.9.